The second-order valence-electron chi connectivity index (χ2n) is 8.68. The van der Waals surface area contributed by atoms with Crippen molar-refractivity contribution < 1.29 is 13.7 Å². The number of hydrogen-bond acceptors (Lipinski definition) is 4. The number of likely N-dealkylation sites (tertiary alicyclic amines) is 1. The molecule has 1 aliphatic carbocycles. The Morgan fingerprint density at radius 2 is 1.79 bits per heavy atom. The highest BCUT2D eigenvalue weighted by Gasteiger charge is 2.42. The van der Waals surface area contributed by atoms with E-state index in [-0.39, 0.29) is 0 Å². The Hall–Kier alpha value is -1.69. The van der Waals surface area contributed by atoms with E-state index in [1.807, 2.05) is 19.1 Å². The fourth-order valence-corrected chi connectivity index (χ4v) is 5.56. The van der Waals surface area contributed by atoms with Gasteiger partial charge in [0.25, 0.3) is 0 Å². The lowest BCUT2D eigenvalue weighted by Gasteiger charge is -2.47. The minimum absolute atomic E-state index is 0.446. The molecule has 1 saturated heterocycles. The van der Waals surface area contributed by atoms with Gasteiger partial charge in [0.1, 0.15) is 5.75 Å². The summed E-state index contributed by atoms with van der Waals surface area (Å²) in [7, 11) is -0.960. The van der Waals surface area contributed by atoms with Crippen LogP contribution in [0.4, 0.5) is 0 Å². The number of rotatable bonds is 3. The lowest BCUT2D eigenvalue weighted by molar-refractivity contribution is -0.231. The van der Waals surface area contributed by atoms with Crippen LogP contribution in [0.3, 0.4) is 0 Å². The number of aryl methyl sites for hydroxylation is 1. The second kappa shape index (κ2) is 7.53. The maximum absolute atomic E-state index is 11.8. The van der Waals surface area contributed by atoms with E-state index in [0.717, 1.165) is 64.9 Å². The van der Waals surface area contributed by atoms with Crippen molar-refractivity contribution in [2.45, 2.75) is 62.4 Å². The smallest absolute Gasteiger partial charge is 0.213 e. The highest BCUT2D eigenvalue weighted by atomic mass is 32.2. The van der Waals surface area contributed by atoms with Gasteiger partial charge in [-0.05, 0) is 54.7 Å². The Bertz CT molecular complexity index is 945. The second-order valence-corrected chi connectivity index (χ2v) is 10.0. The fourth-order valence-electron chi connectivity index (χ4n) is 4.79. The van der Waals surface area contributed by atoms with Crippen molar-refractivity contribution in [1.82, 2.24) is 4.90 Å². The van der Waals surface area contributed by atoms with Crippen LogP contribution in [0, 0.1) is 6.92 Å². The van der Waals surface area contributed by atoms with Crippen LogP contribution < -0.4 is 4.74 Å². The maximum Gasteiger partial charge on any atom is 0.213 e. The fraction of sp³-hybridized carbons (Fsp3) is 0.500. The lowest BCUT2D eigenvalue weighted by Crippen LogP contribution is -2.54. The molecule has 2 heterocycles. The number of piperidine rings is 1. The van der Waals surface area contributed by atoms with Crippen LogP contribution in [-0.2, 0) is 22.1 Å². The van der Waals surface area contributed by atoms with E-state index in [2.05, 4.69) is 29.2 Å². The van der Waals surface area contributed by atoms with Crippen LogP contribution in [0.5, 0.6) is 5.75 Å². The average molecular weight is 412 g/mol. The number of ether oxygens (including phenoxy) is 2. The zero-order chi connectivity index (χ0) is 20.0. The third kappa shape index (κ3) is 3.65. The predicted molar refractivity (Wildman–Crippen MR) is 116 cm³/mol. The first kappa shape index (κ1) is 19.3. The van der Waals surface area contributed by atoms with Gasteiger partial charge in [-0.25, -0.2) is 0 Å². The van der Waals surface area contributed by atoms with Gasteiger partial charge in [-0.15, -0.1) is 0 Å². The third-order valence-electron chi connectivity index (χ3n) is 6.82. The van der Waals surface area contributed by atoms with Gasteiger partial charge in [0, 0.05) is 48.7 Å². The van der Waals surface area contributed by atoms with E-state index in [4.69, 9.17) is 9.47 Å². The van der Waals surface area contributed by atoms with Gasteiger partial charge in [0.15, 0.2) is 0 Å². The van der Waals surface area contributed by atoms with E-state index in [9.17, 15) is 4.21 Å². The summed E-state index contributed by atoms with van der Waals surface area (Å²) < 4.78 is 24.5. The molecule has 5 heteroatoms. The molecule has 2 aliphatic heterocycles. The molecule has 0 N–H and O–H groups in total. The van der Waals surface area contributed by atoms with E-state index >= 15 is 0 Å². The zero-order valence-corrected chi connectivity index (χ0v) is 18.1. The van der Waals surface area contributed by atoms with E-state index in [1.165, 1.54) is 19.3 Å². The Kier molecular flexibility index (Phi) is 5.01. The molecular formula is C24H29NO3S. The van der Waals surface area contributed by atoms with Gasteiger partial charge >= 0.3 is 0 Å². The molecule has 0 bridgehead atoms. The van der Waals surface area contributed by atoms with Crippen molar-refractivity contribution >= 4 is 10.8 Å². The predicted octanol–water partition coefficient (Wildman–Crippen LogP) is 4.65. The quantitative estimate of drug-likeness (QED) is 0.737. The Morgan fingerprint density at radius 3 is 2.45 bits per heavy atom. The molecule has 29 heavy (non-hydrogen) atoms. The van der Waals surface area contributed by atoms with E-state index in [0.29, 0.717) is 6.61 Å². The van der Waals surface area contributed by atoms with Gasteiger partial charge in [-0.1, -0.05) is 24.6 Å². The summed E-state index contributed by atoms with van der Waals surface area (Å²) in [6.07, 6.45) is 7.71. The molecule has 3 aliphatic rings. The van der Waals surface area contributed by atoms with Crippen molar-refractivity contribution in [3.63, 3.8) is 0 Å². The van der Waals surface area contributed by atoms with Crippen molar-refractivity contribution in [2.75, 3.05) is 19.3 Å². The maximum atomic E-state index is 11.8. The molecule has 5 rings (SSSR count). The molecule has 1 atom stereocenters. The van der Waals surface area contributed by atoms with Crippen molar-refractivity contribution in [1.29, 1.82) is 0 Å². The molecule has 154 valence electrons. The van der Waals surface area contributed by atoms with Gasteiger partial charge in [-0.3, -0.25) is 9.11 Å². The summed E-state index contributed by atoms with van der Waals surface area (Å²) in [5, 5.41) is 0. The van der Waals surface area contributed by atoms with Crippen LogP contribution in [0.1, 0.15) is 43.2 Å². The highest BCUT2D eigenvalue weighted by molar-refractivity contribution is 7.84. The van der Waals surface area contributed by atoms with Crippen molar-refractivity contribution in [3.8, 4) is 16.9 Å². The lowest BCUT2D eigenvalue weighted by atomic mass is 9.89. The zero-order valence-electron chi connectivity index (χ0n) is 17.3. The first-order chi connectivity index (χ1) is 14.0. The molecule has 2 fully saturated rings. The Morgan fingerprint density at radius 1 is 1.07 bits per heavy atom. The number of benzene rings is 2. The monoisotopic (exact) mass is 411 g/mol. The summed E-state index contributed by atoms with van der Waals surface area (Å²) in [4.78, 5) is 3.52. The third-order valence-corrected chi connectivity index (χ3v) is 7.89. The molecule has 2 aromatic carbocycles. The Labute approximate surface area is 175 Å². The standard InChI is InChI=1S/C24H29NO3S/c1-17-14-18(7-9-23(17)29(2)26)19-6-8-22-20(15-19)16-27-24(28-22)10-12-25(13-11-24)21-4-3-5-21/h6-9,14-15,21H,3-5,10-13,16H2,1-2H3. The van der Waals surface area contributed by atoms with Crippen molar-refractivity contribution in [3.05, 3.63) is 47.5 Å². The molecule has 2 aromatic rings. The van der Waals surface area contributed by atoms with E-state index in [1.54, 1.807) is 6.26 Å². The number of nitrogens with zero attached hydrogens (tertiary/aromatic N) is 1. The molecular weight excluding hydrogens is 382 g/mol. The summed E-state index contributed by atoms with van der Waals surface area (Å²) in [5.41, 5.74) is 4.44. The number of fused-ring (bicyclic) bond motifs is 1. The molecule has 0 radical (unpaired) electrons. The van der Waals surface area contributed by atoms with Crippen molar-refractivity contribution in [2.24, 2.45) is 0 Å². The molecule has 4 nitrogen and oxygen atoms in total. The van der Waals surface area contributed by atoms with Crippen LogP contribution in [-0.4, -0.2) is 40.3 Å². The minimum Gasteiger partial charge on any atom is -0.462 e. The molecule has 1 saturated carbocycles. The van der Waals surface area contributed by atoms with Gasteiger partial charge < -0.3 is 9.47 Å². The minimum atomic E-state index is -0.960. The molecule has 0 aromatic heterocycles. The van der Waals surface area contributed by atoms with Crippen LogP contribution in [0.2, 0.25) is 0 Å². The molecule has 1 unspecified atom stereocenters. The molecule has 1 spiro atoms. The first-order valence-electron chi connectivity index (χ1n) is 10.7. The first-order valence-corrected chi connectivity index (χ1v) is 12.2. The Balaban J connectivity index is 1.32. The summed E-state index contributed by atoms with van der Waals surface area (Å²) in [6.45, 7) is 4.76. The summed E-state index contributed by atoms with van der Waals surface area (Å²) in [5.74, 6) is 0.512. The normalized spacial score (nSPS) is 22.6. The van der Waals surface area contributed by atoms with Gasteiger partial charge in [0.05, 0.1) is 17.4 Å². The SMILES string of the molecule is Cc1cc(-c2ccc3c(c2)COC2(CCN(C4CCC4)CC2)O3)ccc1S(C)=O. The van der Waals surface area contributed by atoms with Gasteiger partial charge in [0.2, 0.25) is 5.79 Å². The van der Waals surface area contributed by atoms with Crippen LogP contribution >= 0.6 is 0 Å². The topological polar surface area (TPSA) is 38.8 Å². The van der Waals surface area contributed by atoms with Gasteiger partial charge in [-0.2, -0.15) is 0 Å². The largest absolute Gasteiger partial charge is 0.462 e. The van der Waals surface area contributed by atoms with Crippen LogP contribution in [0.25, 0.3) is 11.1 Å². The molecule has 0 amide bonds. The van der Waals surface area contributed by atoms with E-state index < -0.39 is 16.6 Å². The summed E-state index contributed by atoms with van der Waals surface area (Å²) in [6, 6.07) is 13.3. The summed E-state index contributed by atoms with van der Waals surface area (Å²) >= 11 is 0. The number of hydrogen-bond donors (Lipinski definition) is 0. The van der Waals surface area contributed by atoms with Crippen LogP contribution in [0.15, 0.2) is 41.3 Å². The highest BCUT2D eigenvalue weighted by Crippen LogP contribution is 2.40. The average Bonchev–Trinajstić information content (AvgIpc) is 2.68.